The van der Waals surface area contributed by atoms with Crippen molar-refractivity contribution >= 4 is 0 Å². The van der Waals surface area contributed by atoms with Crippen LogP contribution in [-0.2, 0) is 42.6 Å². The molecule has 8 N–H and O–H groups in total. The number of aliphatic hydroxyl groups is 8. The Labute approximate surface area is 223 Å². The molecule has 0 saturated carbocycles. The monoisotopic (exact) mass is 574 g/mol. The fourth-order valence-corrected chi connectivity index (χ4v) is 4.92. The van der Waals surface area contributed by atoms with E-state index in [1.54, 1.807) is 0 Å². The summed E-state index contributed by atoms with van der Waals surface area (Å²) in [7, 11) is 2.57. The first-order valence-corrected chi connectivity index (χ1v) is 12.5. The quantitative estimate of drug-likeness (QED) is 0.134. The number of methoxy groups -OCH3 is 2. The average Bonchev–Trinajstić information content (AvgIpc) is 2.90. The van der Waals surface area contributed by atoms with Crippen LogP contribution in [-0.4, -0.2) is 180 Å². The molecule has 0 aromatic carbocycles. The molecule has 0 bridgehead atoms. The Hall–Kier alpha value is -0.680. The van der Waals surface area contributed by atoms with Crippen LogP contribution in [0.5, 0.6) is 0 Å². The smallest absolute Gasteiger partial charge is 0.186 e. The van der Waals surface area contributed by atoms with Crippen LogP contribution >= 0.6 is 0 Å². The fourth-order valence-electron chi connectivity index (χ4n) is 4.92. The fraction of sp³-hybridized carbons (Fsp3) is 1.00. The third-order valence-corrected chi connectivity index (χ3v) is 7.08. The molecule has 0 amide bonds. The summed E-state index contributed by atoms with van der Waals surface area (Å²) in [5.41, 5.74) is 0. The predicted octanol–water partition coefficient (Wildman–Crippen LogP) is -5.88. The van der Waals surface area contributed by atoms with Crippen molar-refractivity contribution in [3.8, 4) is 0 Å². The highest BCUT2D eigenvalue weighted by Gasteiger charge is 2.51. The average molecular weight is 575 g/mol. The van der Waals surface area contributed by atoms with Gasteiger partial charge in [-0.25, -0.2) is 0 Å². The summed E-state index contributed by atoms with van der Waals surface area (Å²) in [6, 6.07) is 0. The second-order valence-corrected chi connectivity index (χ2v) is 9.78. The molecule has 17 heteroatoms. The summed E-state index contributed by atoms with van der Waals surface area (Å²) >= 11 is 0. The van der Waals surface area contributed by atoms with Gasteiger partial charge >= 0.3 is 0 Å². The zero-order valence-corrected chi connectivity index (χ0v) is 21.3. The normalized spacial score (nSPS) is 51.5. The van der Waals surface area contributed by atoms with Gasteiger partial charge < -0.3 is 83.5 Å². The molecule has 228 valence electrons. The van der Waals surface area contributed by atoms with Gasteiger partial charge in [0, 0.05) is 14.2 Å². The Morgan fingerprint density at radius 1 is 0.410 bits per heavy atom. The lowest BCUT2D eigenvalue weighted by Crippen LogP contribution is -2.63. The third kappa shape index (κ3) is 6.71. The van der Waals surface area contributed by atoms with Crippen molar-refractivity contribution in [3.05, 3.63) is 0 Å². The maximum absolute atomic E-state index is 10.9. The summed E-state index contributed by atoms with van der Waals surface area (Å²) in [6.45, 7) is -1.23. The Kier molecular flexibility index (Phi) is 10.8. The minimum atomic E-state index is -1.69. The number of ether oxygens (including phenoxy) is 9. The Balaban J connectivity index is 1.39. The molecular formula is C22H38O17. The molecule has 4 unspecified atom stereocenters. The first-order chi connectivity index (χ1) is 18.6. The minimum absolute atomic E-state index is 0.221. The number of rotatable bonds is 8. The lowest BCUT2D eigenvalue weighted by Gasteiger charge is -2.45. The molecule has 0 aromatic heterocycles. The van der Waals surface area contributed by atoms with E-state index >= 15 is 0 Å². The highest BCUT2D eigenvalue weighted by atomic mass is 16.8. The van der Waals surface area contributed by atoms with Gasteiger partial charge in [-0.3, -0.25) is 0 Å². The number of hydrogen-bond donors (Lipinski definition) is 8. The summed E-state index contributed by atoms with van der Waals surface area (Å²) in [6.07, 6.45) is -22.1. The van der Waals surface area contributed by atoms with Gasteiger partial charge in [0.25, 0.3) is 0 Å². The molecule has 16 atom stereocenters. The van der Waals surface area contributed by atoms with Crippen molar-refractivity contribution in [2.75, 3.05) is 40.6 Å². The lowest BCUT2D eigenvalue weighted by atomic mass is 10.0. The van der Waals surface area contributed by atoms with Crippen molar-refractivity contribution in [1.29, 1.82) is 0 Å². The highest BCUT2D eigenvalue weighted by molar-refractivity contribution is 4.92. The van der Waals surface area contributed by atoms with Crippen molar-refractivity contribution in [1.82, 2.24) is 0 Å². The topological polar surface area (TPSA) is 245 Å². The SMILES string of the molecule is CO[C@@H]1OC[C@@H](O)[C@H](O[C@@H]2OC[C@@H](O)[C@H](O[C@@H]3OC[C@@H](O)[C@H](O[C@@H]4OC[C@@H](O)[C@H](OC)C4O)C3O)C2O)C1O. The summed E-state index contributed by atoms with van der Waals surface area (Å²) in [4.78, 5) is 0. The minimum Gasteiger partial charge on any atom is -0.388 e. The van der Waals surface area contributed by atoms with Crippen molar-refractivity contribution < 1.29 is 83.5 Å². The van der Waals surface area contributed by atoms with E-state index in [4.69, 9.17) is 42.6 Å². The maximum Gasteiger partial charge on any atom is 0.186 e. The first-order valence-electron chi connectivity index (χ1n) is 12.5. The summed E-state index contributed by atoms with van der Waals surface area (Å²) in [5.74, 6) is 0. The molecule has 0 radical (unpaired) electrons. The van der Waals surface area contributed by atoms with Gasteiger partial charge in [-0.05, 0) is 0 Å². The molecule has 4 aliphatic rings. The van der Waals surface area contributed by atoms with E-state index in [-0.39, 0.29) is 26.4 Å². The Morgan fingerprint density at radius 2 is 0.692 bits per heavy atom. The zero-order valence-electron chi connectivity index (χ0n) is 21.3. The van der Waals surface area contributed by atoms with E-state index in [0.717, 1.165) is 0 Å². The van der Waals surface area contributed by atoms with Crippen molar-refractivity contribution in [2.45, 2.75) is 98.4 Å². The van der Waals surface area contributed by atoms with Gasteiger partial charge in [0.15, 0.2) is 25.2 Å². The van der Waals surface area contributed by atoms with Crippen LogP contribution < -0.4 is 0 Å². The molecular weight excluding hydrogens is 536 g/mol. The van der Waals surface area contributed by atoms with Crippen molar-refractivity contribution in [2.24, 2.45) is 0 Å². The van der Waals surface area contributed by atoms with Crippen LogP contribution in [0.25, 0.3) is 0 Å². The number of aliphatic hydroxyl groups excluding tert-OH is 8. The van der Waals surface area contributed by atoms with E-state index in [2.05, 4.69) is 0 Å². The van der Waals surface area contributed by atoms with Gasteiger partial charge in [0.2, 0.25) is 0 Å². The second-order valence-electron chi connectivity index (χ2n) is 9.78. The van der Waals surface area contributed by atoms with E-state index < -0.39 is 98.4 Å². The van der Waals surface area contributed by atoms with Crippen LogP contribution in [0.15, 0.2) is 0 Å². The Bertz CT molecular complexity index is 762. The molecule has 4 heterocycles. The van der Waals surface area contributed by atoms with Gasteiger partial charge in [0.1, 0.15) is 73.2 Å². The highest BCUT2D eigenvalue weighted by Crippen LogP contribution is 2.30. The van der Waals surface area contributed by atoms with Crippen LogP contribution in [0.4, 0.5) is 0 Å². The third-order valence-electron chi connectivity index (χ3n) is 7.08. The molecule has 0 spiro atoms. The van der Waals surface area contributed by atoms with Gasteiger partial charge in [-0.2, -0.15) is 0 Å². The van der Waals surface area contributed by atoms with Gasteiger partial charge in [-0.15, -0.1) is 0 Å². The van der Waals surface area contributed by atoms with E-state index in [9.17, 15) is 40.9 Å². The predicted molar refractivity (Wildman–Crippen MR) is 119 cm³/mol. The van der Waals surface area contributed by atoms with Gasteiger partial charge in [-0.1, -0.05) is 0 Å². The van der Waals surface area contributed by atoms with Crippen LogP contribution in [0, 0.1) is 0 Å². The van der Waals surface area contributed by atoms with Gasteiger partial charge in [0.05, 0.1) is 26.4 Å². The number of hydrogen-bond acceptors (Lipinski definition) is 17. The second kappa shape index (κ2) is 13.5. The van der Waals surface area contributed by atoms with Crippen molar-refractivity contribution in [3.63, 3.8) is 0 Å². The largest absolute Gasteiger partial charge is 0.388 e. The maximum atomic E-state index is 10.9. The van der Waals surface area contributed by atoms with Crippen LogP contribution in [0.2, 0.25) is 0 Å². The Morgan fingerprint density at radius 3 is 1.03 bits per heavy atom. The standard InChI is InChI=1S/C22H38O17/c1-31-15-7(23)3-34-20(11(15)27)38-17-9(25)5-36-22(13(17)29)39-18-10(26)6-35-21(14(18)30)37-16-8(24)4-33-19(32-2)12(16)28/h7-30H,3-6H2,1-2H3/t7-,8-,9-,10-,11?,12?,13?,14?,15+,16+,17+,18+,19-,20+,21+,22+/m1/s1. The molecule has 4 saturated heterocycles. The summed E-state index contributed by atoms with van der Waals surface area (Å²) in [5, 5.41) is 83.5. The summed E-state index contributed by atoms with van der Waals surface area (Å²) < 4.78 is 48.1. The molecule has 4 rings (SSSR count). The molecule has 17 nitrogen and oxygen atoms in total. The zero-order chi connectivity index (χ0) is 28.4. The molecule has 0 aliphatic carbocycles. The van der Waals surface area contributed by atoms with E-state index in [1.165, 1.54) is 14.2 Å². The first kappa shape index (κ1) is 31.3. The van der Waals surface area contributed by atoms with Crippen LogP contribution in [0.3, 0.4) is 0 Å². The lowest BCUT2D eigenvalue weighted by molar-refractivity contribution is -0.366. The van der Waals surface area contributed by atoms with E-state index in [1.807, 2.05) is 0 Å². The van der Waals surface area contributed by atoms with Crippen LogP contribution in [0.1, 0.15) is 0 Å². The molecule has 4 aliphatic heterocycles. The molecule has 0 aromatic rings. The van der Waals surface area contributed by atoms with E-state index in [0.29, 0.717) is 0 Å². The molecule has 4 fully saturated rings. The molecule has 39 heavy (non-hydrogen) atoms.